The Balaban J connectivity index is 2.40. The van der Waals surface area contributed by atoms with Crippen LogP contribution >= 0.6 is 0 Å². The highest BCUT2D eigenvalue weighted by Gasteiger charge is 2.26. The Labute approximate surface area is 84.6 Å². The fourth-order valence-electron chi connectivity index (χ4n) is 1.97. The van der Waals surface area contributed by atoms with E-state index in [1.807, 2.05) is 13.8 Å². The number of carboxylic acid groups (broad SMARTS) is 1. The summed E-state index contributed by atoms with van der Waals surface area (Å²) in [5.41, 5.74) is 0. The van der Waals surface area contributed by atoms with Crippen molar-refractivity contribution in [3.63, 3.8) is 0 Å². The minimum absolute atomic E-state index is 0.220. The summed E-state index contributed by atoms with van der Waals surface area (Å²) in [5, 5.41) is 11.9. The maximum Gasteiger partial charge on any atom is 0.320 e. The van der Waals surface area contributed by atoms with Gasteiger partial charge in [-0.1, -0.05) is 0 Å². The maximum atomic E-state index is 10.6. The molecule has 2 unspecified atom stereocenters. The smallest absolute Gasteiger partial charge is 0.320 e. The Kier molecular flexibility index (Phi) is 3.89. The van der Waals surface area contributed by atoms with E-state index in [2.05, 4.69) is 5.32 Å². The standard InChI is InChI=1S/C10H19NO3/c1-6-4-9(5-7(2)14-6)11-8(3)10(12)13/h6-9,11H,4-5H2,1-3H3,(H,12,13)/t6?,7?,8-,9?/m0/s1. The minimum atomic E-state index is -0.795. The van der Waals surface area contributed by atoms with E-state index in [4.69, 9.17) is 9.84 Å². The van der Waals surface area contributed by atoms with E-state index in [-0.39, 0.29) is 18.2 Å². The average Bonchev–Trinajstić information content (AvgIpc) is 2.01. The second-order valence-electron chi connectivity index (χ2n) is 4.15. The van der Waals surface area contributed by atoms with Crippen LogP contribution in [-0.4, -0.2) is 35.4 Å². The van der Waals surface area contributed by atoms with Crippen LogP contribution in [0.3, 0.4) is 0 Å². The van der Waals surface area contributed by atoms with E-state index in [1.54, 1.807) is 6.92 Å². The molecule has 3 atom stereocenters. The highest BCUT2D eigenvalue weighted by atomic mass is 16.5. The first-order valence-corrected chi connectivity index (χ1v) is 5.13. The Morgan fingerprint density at radius 3 is 2.36 bits per heavy atom. The highest BCUT2D eigenvalue weighted by Crippen LogP contribution is 2.19. The molecule has 82 valence electrons. The summed E-state index contributed by atoms with van der Waals surface area (Å²) in [4.78, 5) is 10.6. The van der Waals surface area contributed by atoms with Crippen LogP contribution in [-0.2, 0) is 9.53 Å². The fraction of sp³-hybridized carbons (Fsp3) is 0.900. The summed E-state index contributed by atoms with van der Waals surface area (Å²) in [6.45, 7) is 5.72. The Morgan fingerprint density at radius 2 is 1.93 bits per heavy atom. The molecule has 4 heteroatoms. The molecule has 1 saturated heterocycles. The quantitative estimate of drug-likeness (QED) is 0.715. The van der Waals surface area contributed by atoms with Crippen LogP contribution in [0.15, 0.2) is 0 Å². The topological polar surface area (TPSA) is 58.6 Å². The number of rotatable bonds is 3. The van der Waals surface area contributed by atoms with Crippen molar-refractivity contribution < 1.29 is 14.6 Å². The largest absolute Gasteiger partial charge is 0.480 e. The first-order valence-electron chi connectivity index (χ1n) is 5.13. The summed E-state index contributed by atoms with van der Waals surface area (Å²) in [6, 6.07) is -0.211. The molecule has 0 radical (unpaired) electrons. The molecule has 1 aliphatic heterocycles. The summed E-state index contributed by atoms with van der Waals surface area (Å²) in [7, 11) is 0. The van der Waals surface area contributed by atoms with Crippen molar-refractivity contribution in [2.75, 3.05) is 0 Å². The van der Waals surface area contributed by atoms with Crippen molar-refractivity contribution in [2.24, 2.45) is 0 Å². The van der Waals surface area contributed by atoms with Gasteiger partial charge in [0.15, 0.2) is 0 Å². The molecule has 1 rings (SSSR count). The number of nitrogens with one attached hydrogen (secondary N) is 1. The number of carboxylic acids is 1. The molecule has 0 amide bonds. The van der Waals surface area contributed by atoms with Crippen LogP contribution in [0.4, 0.5) is 0 Å². The Hall–Kier alpha value is -0.610. The molecule has 2 N–H and O–H groups in total. The van der Waals surface area contributed by atoms with Gasteiger partial charge in [0.1, 0.15) is 6.04 Å². The normalized spacial score (nSPS) is 35.2. The first-order chi connectivity index (χ1) is 6.49. The van der Waals surface area contributed by atoms with Crippen LogP contribution < -0.4 is 5.32 Å². The van der Waals surface area contributed by atoms with Crippen LogP contribution in [0.2, 0.25) is 0 Å². The lowest BCUT2D eigenvalue weighted by Gasteiger charge is -2.33. The second kappa shape index (κ2) is 4.75. The van der Waals surface area contributed by atoms with Gasteiger partial charge in [-0.2, -0.15) is 0 Å². The van der Waals surface area contributed by atoms with Crippen molar-refractivity contribution in [1.29, 1.82) is 0 Å². The van der Waals surface area contributed by atoms with E-state index in [0.29, 0.717) is 0 Å². The molecule has 1 fully saturated rings. The third-order valence-corrected chi connectivity index (χ3v) is 2.55. The molecule has 4 nitrogen and oxygen atoms in total. The first kappa shape index (κ1) is 11.5. The molecule has 0 aromatic carbocycles. The molecular formula is C10H19NO3. The van der Waals surface area contributed by atoms with Crippen molar-refractivity contribution in [3.05, 3.63) is 0 Å². The summed E-state index contributed by atoms with van der Waals surface area (Å²) >= 11 is 0. The molecule has 1 aliphatic rings. The molecule has 0 aromatic rings. The molecule has 0 spiro atoms. The van der Waals surface area contributed by atoms with Gasteiger partial charge in [-0.05, 0) is 33.6 Å². The van der Waals surface area contributed by atoms with Crippen LogP contribution in [0.5, 0.6) is 0 Å². The molecule has 0 aliphatic carbocycles. The zero-order chi connectivity index (χ0) is 10.7. The molecule has 1 heterocycles. The van der Waals surface area contributed by atoms with Gasteiger partial charge in [0.25, 0.3) is 0 Å². The monoisotopic (exact) mass is 201 g/mol. The predicted octanol–water partition coefficient (Wildman–Crippen LogP) is 1.01. The summed E-state index contributed by atoms with van der Waals surface area (Å²) < 4.78 is 5.57. The molecular weight excluding hydrogens is 182 g/mol. The predicted molar refractivity (Wildman–Crippen MR) is 53.3 cm³/mol. The zero-order valence-electron chi connectivity index (χ0n) is 8.99. The average molecular weight is 201 g/mol. The van der Waals surface area contributed by atoms with E-state index in [1.165, 1.54) is 0 Å². The molecule has 0 bridgehead atoms. The van der Waals surface area contributed by atoms with Gasteiger partial charge in [0.2, 0.25) is 0 Å². The molecule has 0 aromatic heterocycles. The fourth-order valence-corrected chi connectivity index (χ4v) is 1.97. The zero-order valence-corrected chi connectivity index (χ0v) is 8.99. The van der Waals surface area contributed by atoms with Crippen molar-refractivity contribution >= 4 is 5.97 Å². The summed E-state index contributed by atoms with van der Waals surface area (Å²) in [5.74, 6) is -0.795. The van der Waals surface area contributed by atoms with Gasteiger partial charge in [0, 0.05) is 6.04 Å². The van der Waals surface area contributed by atoms with Crippen molar-refractivity contribution in [3.8, 4) is 0 Å². The van der Waals surface area contributed by atoms with Crippen molar-refractivity contribution in [2.45, 2.75) is 57.9 Å². The van der Waals surface area contributed by atoms with Gasteiger partial charge in [-0.25, -0.2) is 0 Å². The third kappa shape index (κ3) is 3.27. The molecule has 14 heavy (non-hydrogen) atoms. The Bertz CT molecular complexity index is 198. The van der Waals surface area contributed by atoms with Crippen LogP contribution in [0.25, 0.3) is 0 Å². The number of ether oxygens (including phenoxy) is 1. The Morgan fingerprint density at radius 1 is 1.43 bits per heavy atom. The number of carbonyl (C=O) groups is 1. The van der Waals surface area contributed by atoms with E-state index < -0.39 is 12.0 Å². The minimum Gasteiger partial charge on any atom is -0.480 e. The maximum absolute atomic E-state index is 10.6. The van der Waals surface area contributed by atoms with Gasteiger partial charge >= 0.3 is 5.97 Å². The van der Waals surface area contributed by atoms with E-state index in [9.17, 15) is 4.79 Å². The van der Waals surface area contributed by atoms with Crippen molar-refractivity contribution in [1.82, 2.24) is 5.32 Å². The number of hydrogen-bond acceptors (Lipinski definition) is 3. The van der Waals surface area contributed by atoms with E-state index >= 15 is 0 Å². The summed E-state index contributed by atoms with van der Waals surface area (Å²) in [6.07, 6.45) is 2.22. The van der Waals surface area contributed by atoms with Gasteiger partial charge in [0.05, 0.1) is 12.2 Å². The lowest BCUT2D eigenvalue weighted by molar-refractivity contribution is -0.139. The van der Waals surface area contributed by atoms with Gasteiger partial charge in [-0.15, -0.1) is 0 Å². The second-order valence-corrected chi connectivity index (χ2v) is 4.15. The highest BCUT2D eigenvalue weighted by molar-refractivity contribution is 5.72. The van der Waals surface area contributed by atoms with Gasteiger partial charge < -0.3 is 15.2 Å². The number of aliphatic carboxylic acids is 1. The van der Waals surface area contributed by atoms with Gasteiger partial charge in [-0.3, -0.25) is 4.79 Å². The molecule has 0 saturated carbocycles. The SMILES string of the molecule is CC1CC(N[C@@H](C)C(=O)O)CC(C)O1. The lowest BCUT2D eigenvalue weighted by Crippen LogP contribution is -2.47. The van der Waals surface area contributed by atoms with E-state index in [0.717, 1.165) is 12.8 Å². The lowest BCUT2D eigenvalue weighted by atomic mass is 9.99. The van der Waals surface area contributed by atoms with Crippen LogP contribution in [0, 0.1) is 0 Å². The van der Waals surface area contributed by atoms with Crippen LogP contribution in [0.1, 0.15) is 33.6 Å². The third-order valence-electron chi connectivity index (χ3n) is 2.55. The number of hydrogen-bond donors (Lipinski definition) is 2.